The second-order valence-corrected chi connectivity index (χ2v) is 19.4. The van der Waals surface area contributed by atoms with Crippen LogP contribution < -0.4 is 27.0 Å². The highest BCUT2D eigenvalue weighted by atomic mass is 16.6. The Morgan fingerprint density at radius 3 is 2.28 bits per heavy atom. The van der Waals surface area contributed by atoms with Crippen molar-refractivity contribution in [1.29, 1.82) is 0 Å². The molecule has 7 aromatic rings. The minimum absolute atomic E-state index is 0.0327. The molecular formula is C58H63N13O8. The van der Waals surface area contributed by atoms with Crippen LogP contribution >= 0.6 is 0 Å². The first-order valence-corrected chi connectivity index (χ1v) is 26.1. The zero-order valence-corrected chi connectivity index (χ0v) is 44.2. The summed E-state index contributed by atoms with van der Waals surface area (Å²) in [6, 6.07) is 31.2. The van der Waals surface area contributed by atoms with Crippen molar-refractivity contribution in [1.82, 2.24) is 55.3 Å². The van der Waals surface area contributed by atoms with Gasteiger partial charge in [0, 0.05) is 54.8 Å². The number of pyridine rings is 2. The summed E-state index contributed by atoms with van der Waals surface area (Å²) in [5.74, 6) is -2.05. The van der Waals surface area contributed by atoms with Crippen LogP contribution in [0.25, 0.3) is 39.4 Å². The van der Waals surface area contributed by atoms with Crippen molar-refractivity contribution in [3.05, 3.63) is 157 Å². The van der Waals surface area contributed by atoms with Crippen LogP contribution in [-0.4, -0.2) is 106 Å². The average Bonchev–Trinajstić information content (AvgIpc) is 4.34. The molecule has 408 valence electrons. The van der Waals surface area contributed by atoms with Gasteiger partial charge < -0.3 is 36.7 Å². The standard InChI is InChI=1S/C58H63N13O8/c1-37(2)52(68-49(72)21-8-5-11-31-70-50(73)28-29-51(70)74)56(76)65-46(20-13-30-60-57(59)77)55(75)64-43-25-22-39(23-26-43)35-79-58(78)69(32-41-17-9-10-18-44(41)40-15-6-4-7-16-40)34-47-66-53(42-24-27-48-61-36-62-71(48)33-42)54(67-47)45-19-12-14-38(3)63-45/h4,6-7,9-10,12,14-19,22-29,33,36-37,46,52H,5,8,11,13,20-21,30-32,34-35H2,1-3H3,(H,64,75)(H,65,76)(H,66,67)(H,68,72)(H3,59,60,77)/t46-,52-/m0/s1. The number of benzene rings is 3. The fourth-order valence-corrected chi connectivity index (χ4v) is 9.02. The first-order chi connectivity index (χ1) is 38.2. The minimum atomic E-state index is -1.07. The van der Waals surface area contributed by atoms with Gasteiger partial charge in [-0.05, 0) is 97.2 Å². The molecule has 0 fully saturated rings. The average molecular weight is 1070 g/mol. The number of nitrogens with one attached hydrogen (secondary N) is 5. The lowest BCUT2D eigenvalue weighted by Gasteiger charge is -2.25. The van der Waals surface area contributed by atoms with E-state index in [2.05, 4.69) is 36.3 Å². The number of H-pyrrole nitrogens is 1. The first kappa shape index (κ1) is 55.7. The molecule has 8 amide bonds. The van der Waals surface area contributed by atoms with Gasteiger partial charge in [0.25, 0.3) is 11.8 Å². The van der Waals surface area contributed by atoms with Crippen LogP contribution in [0.3, 0.4) is 0 Å². The molecule has 1 aliphatic heterocycles. The van der Waals surface area contributed by atoms with Gasteiger partial charge in [0.15, 0.2) is 5.65 Å². The monoisotopic (exact) mass is 1070 g/mol. The smallest absolute Gasteiger partial charge is 0.410 e. The molecule has 0 unspecified atom stereocenters. The van der Waals surface area contributed by atoms with Gasteiger partial charge in [0.2, 0.25) is 17.7 Å². The molecule has 4 aromatic heterocycles. The van der Waals surface area contributed by atoms with Gasteiger partial charge >= 0.3 is 12.1 Å². The Hall–Kier alpha value is -9.53. The zero-order valence-electron chi connectivity index (χ0n) is 44.2. The molecule has 21 nitrogen and oxygen atoms in total. The van der Waals surface area contributed by atoms with E-state index in [4.69, 9.17) is 20.4 Å². The van der Waals surface area contributed by atoms with E-state index in [0.717, 1.165) is 32.8 Å². The van der Waals surface area contributed by atoms with Gasteiger partial charge in [0.1, 0.15) is 36.5 Å². The number of nitrogens with zero attached hydrogens (tertiary/aromatic N) is 7. The Bertz CT molecular complexity index is 3320. The highest BCUT2D eigenvalue weighted by Gasteiger charge is 2.30. The number of nitrogens with two attached hydrogens (primary N) is 1. The third kappa shape index (κ3) is 15.1. The largest absolute Gasteiger partial charge is 0.445 e. The molecule has 0 saturated heterocycles. The van der Waals surface area contributed by atoms with Crippen LogP contribution in [-0.2, 0) is 48.4 Å². The molecule has 0 radical (unpaired) electrons. The number of aromatic amines is 1. The number of amides is 8. The van der Waals surface area contributed by atoms with Gasteiger partial charge in [-0.25, -0.2) is 24.1 Å². The van der Waals surface area contributed by atoms with Gasteiger partial charge in [-0.2, -0.15) is 5.10 Å². The molecular weight excluding hydrogens is 1010 g/mol. The van der Waals surface area contributed by atoms with E-state index < -0.39 is 36.0 Å². The lowest BCUT2D eigenvalue weighted by molar-refractivity contribution is -0.137. The van der Waals surface area contributed by atoms with Crippen LogP contribution in [0, 0.1) is 12.8 Å². The Labute approximate surface area is 456 Å². The summed E-state index contributed by atoms with van der Waals surface area (Å²) in [4.78, 5) is 111. The van der Waals surface area contributed by atoms with Crippen molar-refractivity contribution in [2.45, 2.75) is 91.1 Å². The maximum Gasteiger partial charge on any atom is 0.410 e. The molecule has 0 aliphatic carbocycles. The van der Waals surface area contributed by atoms with E-state index in [1.165, 1.54) is 18.5 Å². The van der Waals surface area contributed by atoms with Gasteiger partial charge in [0.05, 0.1) is 24.5 Å². The molecule has 0 saturated carbocycles. The molecule has 0 spiro atoms. The van der Waals surface area contributed by atoms with E-state index in [0.29, 0.717) is 59.1 Å². The second kappa shape index (κ2) is 26.5. The Morgan fingerprint density at radius 2 is 1.53 bits per heavy atom. The van der Waals surface area contributed by atoms with Crippen molar-refractivity contribution >= 4 is 53.0 Å². The van der Waals surface area contributed by atoms with Crippen LogP contribution in [0.15, 0.2) is 134 Å². The predicted octanol–water partition coefficient (Wildman–Crippen LogP) is 6.99. The number of carbonyl (C=O) groups is 7. The SMILES string of the molecule is Cc1cccc(-c2nc(CN(Cc3ccccc3-c3ccccc3)C(=O)OCc3ccc(NC(=O)[C@H](CCCNC(N)=O)NC(=O)[C@@H](NC(=O)CCCCCN4C(=O)C=CC4=O)C(C)C)cc3)[nH]c2-c2ccc3ncnn3c2)n1. The third-order valence-corrected chi connectivity index (χ3v) is 13.1. The zero-order chi connectivity index (χ0) is 55.8. The summed E-state index contributed by atoms with van der Waals surface area (Å²) in [7, 11) is 0. The number of fused-ring (bicyclic) bond motifs is 1. The molecule has 5 heterocycles. The van der Waals surface area contributed by atoms with Gasteiger partial charge in [-0.15, -0.1) is 0 Å². The molecule has 2 atom stereocenters. The van der Waals surface area contributed by atoms with Crippen molar-refractivity contribution in [3.63, 3.8) is 0 Å². The number of rotatable bonds is 25. The van der Waals surface area contributed by atoms with Crippen molar-refractivity contribution in [3.8, 4) is 33.8 Å². The molecule has 8 rings (SSSR count). The number of aromatic nitrogens is 6. The number of anilines is 1. The summed E-state index contributed by atoms with van der Waals surface area (Å²) in [6.45, 7) is 5.94. The van der Waals surface area contributed by atoms with E-state index in [9.17, 15) is 33.6 Å². The van der Waals surface area contributed by atoms with E-state index >= 15 is 0 Å². The van der Waals surface area contributed by atoms with Crippen molar-refractivity contribution < 1.29 is 38.3 Å². The fourth-order valence-electron chi connectivity index (χ4n) is 9.02. The van der Waals surface area contributed by atoms with E-state index in [-0.39, 0.29) is 75.7 Å². The van der Waals surface area contributed by atoms with Crippen LogP contribution in [0.1, 0.15) is 75.0 Å². The number of imide groups is 1. The maximum absolute atomic E-state index is 14.4. The molecule has 7 N–H and O–H groups in total. The summed E-state index contributed by atoms with van der Waals surface area (Å²) >= 11 is 0. The number of hydrogen-bond donors (Lipinski definition) is 6. The lowest BCUT2D eigenvalue weighted by Crippen LogP contribution is -2.54. The maximum atomic E-state index is 14.4. The number of unbranched alkanes of at least 4 members (excludes halogenated alkanes) is 2. The summed E-state index contributed by atoms with van der Waals surface area (Å²) in [6.07, 6.45) is 7.27. The quantitative estimate of drug-likeness (QED) is 0.0250. The topological polar surface area (TPSA) is 281 Å². The minimum Gasteiger partial charge on any atom is -0.445 e. The van der Waals surface area contributed by atoms with Gasteiger partial charge in [-0.1, -0.05) is 93.1 Å². The van der Waals surface area contributed by atoms with E-state index in [1.54, 1.807) is 47.5 Å². The number of aryl methyl sites for hydroxylation is 1. The van der Waals surface area contributed by atoms with Gasteiger partial charge in [-0.3, -0.25) is 38.8 Å². The van der Waals surface area contributed by atoms with E-state index in [1.807, 2.05) is 98.0 Å². The lowest BCUT2D eigenvalue weighted by atomic mass is 9.99. The predicted molar refractivity (Wildman–Crippen MR) is 295 cm³/mol. The number of primary amides is 1. The third-order valence-electron chi connectivity index (χ3n) is 13.1. The number of urea groups is 1. The van der Waals surface area contributed by atoms with Crippen molar-refractivity contribution in [2.24, 2.45) is 11.7 Å². The number of ether oxygens (including phenoxy) is 1. The second-order valence-electron chi connectivity index (χ2n) is 19.4. The summed E-state index contributed by atoms with van der Waals surface area (Å²) < 4.78 is 7.70. The van der Waals surface area contributed by atoms with Crippen LogP contribution in [0.5, 0.6) is 0 Å². The number of imidazole rings is 1. The molecule has 79 heavy (non-hydrogen) atoms. The number of carbonyl (C=O) groups excluding carboxylic acids is 7. The molecule has 0 bridgehead atoms. The first-order valence-electron chi connectivity index (χ1n) is 26.1. The highest BCUT2D eigenvalue weighted by Crippen LogP contribution is 2.31. The Kier molecular flexibility index (Phi) is 18.7. The summed E-state index contributed by atoms with van der Waals surface area (Å²) in [5.41, 5.74) is 13.3. The number of hydrogen-bond acceptors (Lipinski definition) is 12. The summed E-state index contributed by atoms with van der Waals surface area (Å²) in [5, 5.41) is 15.3. The Balaban J connectivity index is 0.939. The van der Waals surface area contributed by atoms with Crippen LogP contribution in [0.4, 0.5) is 15.3 Å². The molecule has 3 aromatic carbocycles. The normalized spacial score (nSPS) is 12.8. The molecule has 1 aliphatic rings. The highest BCUT2D eigenvalue weighted by molar-refractivity contribution is 6.12. The van der Waals surface area contributed by atoms with Crippen LogP contribution in [0.2, 0.25) is 0 Å². The van der Waals surface area contributed by atoms with Crippen molar-refractivity contribution in [2.75, 3.05) is 18.4 Å². The molecule has 21 heteroatoms. The fraction of sp³-hybridized carbons (Fsp3) is 0.293. The Morgan fingerprint density at radius 1 is 0.772 bits per heavy atom.